The fourth-order valence-corrected chi connectivity index (χ4v) is 2.84. The van der Waals surface area contributed by atoms with Crippen LogP contribution in [-0.2, 0) is 17.9 Å². The van der Waals surface area contributed by atoms with E-state index in [-0.39, 0.29) is 24.1 Å². The summed E-state index contributed by atoms with van der Waals surface area (Å²) in [5, 5.41) is 10.8. The van der Waals surface area contributed by atoms with Crippen LogP contribution >= 0.6 is 15.9 Å². The number of alkyl halides is 2. The highest BCUT2D eigenvalue weighted by atomic mass is 79.9. The molecular formula is C15H18BrF2N5O. The van der Waals surface area contributed by atoms with Crippen LogP contribution in [0.5, 0.6) is 0 Å². The van der Waals surface area contributed by atoms with Crippen molar-refractivity contribution >= 4 is 21.8 Å². The minimum absolute atomic E-state index is 0.0220. The quantitative estimate of drug-likeness (QED) is 0.691. The Morgan fingerprint density at radius 2 is 2.25 bits per heavy atom. The highest BCUT2D eigenvalue weighted by Crippen LogP contribution is 2.41. The van der Waals surface area contributed by atoms with Crippen LogP contribution in [0.3, 0.4) is 0 Å². The molecule has 9 heteroatoms. The summed E-state index contributed by atoms with van der Waals surface area (Å²) in [6, 6.07) is 1.42. The third kappa shape index (κ3) is 4.40. The van der Waals surface area contributed by atoms with Gasteiger partial charge in [-0.1, -0.05) is 0 Å². The number of carbonyl (C=O) groups excluding carboxylic acids is 1. The number of carbonyl (C=O) groups is 1. The van der Waals surface area contributed by atoms with Crippen molar-refractivity contribution in [3.05, 3.63) is 34.3 Å². The highest BCUT2D eigenvalue weighted by Gasteiger charge is 2.30. The van der Waals surface area contributed by atoms with Gasteiger partial charge in [0.1, 0.15) is 12.2 Å². The third-order valence-electron chi connectivity index (χ3n) is 3.83. The van der Waals surface area contributed by atoms with Gasteiger partial charge in [0.05, 0.1) is 10.7 Å². The van der Waals surface area contributed by atoms with Gasteiger partial charge in [0.15, 0.2) is 0 Å². The molecule has 3 rings (SSSR count). The van der Waals surface area contributed by atoms with Gasteiger partial charge in [0.25, 0.3) is 6.43 Å². The largest absolute Gasteiger partial charge is 0.354 e. The molecule has 1 aliphatic carbocycles. The Balaban J connectivity index is 1.47. The van der Waals surface area contributed by atoms with Gasteiger partial charge in [-0.2, -0.15) is 10.2 Å². The van der Waals surface area contributed by atoms with Gasteiger partial charge < -0.3 is 5.32 Å². The second-order valence-corrected chi connectivity index (χ2v) is 6.77. The maximum absolute atomic E-state index is 12.8. The Hall–Kier alpha value is -1.77. The molecule has 130 valence electrons. The zero-order chi connectivity index (χ0) is 17.1. The smallest absolute Gasteiger partial charge is 0.282 e. The summed E-state index contributed by atoms with van der Waals surface area (Å²) >= 11 is 3.32. The summed E-state index contributed by atoms with van der Waals surface area (Å²) in [4.78, 5) is 12.0. The predicted molar refractivity (Wildman–Crippen MR) is 86.7 cm³/mol. The second kappa shape index (κ2) is 7.42. The van der Waals surface area contributed by atoms with Crippen molar-refractivity contribution in [3.63, 3.8) is 0 Å². The molecule has 1 amide bonds. The number of aryl methyl sites for hydroxylation is 1. The van der Waals surface area contributed by atoms with Crippen molar-refractivity contribution in [1.29, 1.82) is 0 Å². The lowest BCUT2D eigenvalue weighted by Crippen LogP contribution is -2.30. The summed E-state index contributed by atoms with van der Waals surface area (Å²) in [5.74, 6) is 0.0403. The molecule has 0 radical (unpaired) electrons. The van der Waals surface area contributed by atoms with E-state index in [1.165, 1.54) is 10.7 Å². The number of nitrogens with zero attached hydrogens (tertiary/aromatic N) is 4. The van der Waals surface area contributed by atoms with Crippen LogP contribution in [0.4, 0.5) is 8.78 Å². The molecule has 2 heterocycles. The average molecular weight is 402 g/mol. The van der Waals surface area contributed by atoms with E-state index in [1.54, 1.807) is 10.9 Å². The first-order chi connectivity index (χ1) is 11.5. The number of aromatic nitrogens is 4. The summed E-state index contributed by atoms with van der Waals surface area (Å²) in [6.45, 7) is 1.17. The summed E-state index contributed by atoms with van der Waals surface area (Å²) in [7, 11) is 0. The Kier molecular flexibility index (Phi) is 5.27. The van der Waals surface area contributed by atoms with Crippen molar-refractivity contribution in [2.24, 2.45) is 0 Å². The van der Waals surface area contributed by atoms with E-state index in [0.29, 0.717) is 13.1 Å². The lowest BCUT2D eigenvalue weighted by molar-refractivity contribution is -0.121. The standard InChI is InChI=1S/C15H18BrF2N5O/c16-11-7-20-22(8-11)5-1-4-19-14(24)9-23-13(10-2-3-10)6-12(21-23)15(17)18/h6-8,10,15H,1-5,9H2,(H,19,24). The molecule has 0 aromatic carbocycles. The first-order valence-corrected chi connectivity index (χ1v) is 8.62. The molecule has 2 aromatic rings. The van der Waals surface area contributed by atoms with Crippen LogP contribution in [0.2, 0.25) is 0 Å². The minimum Gasteiger partial charge on any atom is -0.354 e. The molecule has 6 nitrogen and oxygen atoms in total. The number of halogens is 3. The van der Waals surface area contributed by atoms with E-state index >= 15 is 0 Å². The fourth-order valence-electron chi connectivity index (χ4n) is 2.51. The van der Waals surface area contributed by atoms with Crippen molar-refractivity contribution in [2.45, 2.75) is 44.7 Å². The number of nitrogens with one attached hydrogen (secondary N) is 1. The minimum atomic E-state index is -2.61. The van der Waals surface area contributed by atoms with E-state index in [0.717, 1.165) is 29.4 Å². The van der Waals surface area contributed by atoms with Crippen LogP contribution < -0.4 is 5.32 Å². The highest BCUT2D eigenvalue weighted by molar-refractivity contribution is 9.10. The van der Waals surface area contributed by atoms with Crippen LogP contribution in [0.25, 0.3) is 0 Å². The topological polar surface area (TPSA) is 64.7 Å². The predicted octanol–water partition coefficient (Wildman–Crippen LogP) is 2.86. The van der Waals surface area contributed by atoms with Gasteiger partial charge in [-0.15, -0.1) is 0 Å². The molecule has 1 N–H and O–H groups in total. The Morgan fingerprint density at radius 3 is 2.88 bits per heavy atom. The first kappa shape index (κ1) is 17.1. The molecule has 2 aromatic heterocycles. The summed E-state index contributed by atoms with van der Waals surface area (Å²) in [5.41, 5.74) is 0.482. The normalized spacial score (nSPS) is 14.3. The maximum Gasteiger partial charge on any atom is 0.282 e. The van der Waals surface area contributed by atoms with Gasteiger partial charge in [0, 0.05) is 30.9 Å². The van der Waals surface area contributed by atoms with Crippen molar-refractivity contribution in [2.75, 3.05) is 6.54 Å². The van der Waals surface area contributed by atoms with Crippen molar-refractivity contribution in [1.82, 2.24) is 24.9 Å². The molecule has 0 atom stereocenters. The fraction of sp³-hybridized carbons (Fsp3) is 0.533. The molecule has 1 aliphatic rings. The number of hydrogen-bond acceptors (Lipinski definition) is 3. The number of hydrogen-bond donors (Lipinski definition) is 1. The Bertz CT molecular complexity index is 711. The SMILES string of the molecule is O=C(Cn1nc(C(F)F)cc1C1CC1)NCCCn1cc(Br)cn1. The van der Waals surface area contributed by atoms with Crippen LogP contribution in [-0.4, -0.2) is 32.0 Å². The third-order valence-corrected chi connectivity index (χ3v) is 4.24. The van der Waals surface area contributed by atoms with E-state index in [1.807, 2.05) is 6.20 Å². The van der Waals surface area contributed by atoms with Gasteiger partial charge in [-0.25, -0.2) is 8.78 Å². The van der Waals surface area contributed by atoms with E-state index in [9.17, 15) is 13.6 Å². The zero-order valence-electron chi connectivity index (χ0n) is 13.0. The number of rotatable bonds is 8. The average Bonchev–Trinajstić information content (AvgIpc) is 3.16. The van der Waals surface area contributed by atoms with Gasteiger partial charge >= 0.3 is 0 Å². The van der Waals surface area contributed by atoms with Gasteiger partial charge in [-0.3, -0.25) is 14.2 Å². The van der Waals surface area contributed by atoms with Crippen LogP contribution in [0, 0.1) is 0 Å². The second-order valence-electron chi connectivity index (χ2n) is 5.85. The zero-order valence-corrected chi connectivity index (χ0v) is 14.5. The maximum atomic E-state index is 12.8. The van der Waals surface area contributed by atoms with E-state index in [2.05, 4.69) is 31.4 Å². The molecule has 24 heavy (non-hydrogen) atoms. The van der Waals surface area contributed by atoms with Crippen LogP contribution in [0.15, 0.2) is 22.9 Å². The summed E-state index contributed by atoms with van der Waals surface area (Å²) < 4.78 is 29.7. The molecule has 0 unspecified atom stereocenters. The van der Waals surface area contributed by atoms with Gasteiger partial charge in [-0.05, 0) is 41.3 Å². The Labute approximate surface area is 146 Å². The van der Waals surface area contributed by atoms with Crippen molar-refractivity contribution in [3.8, 4) is 0 Å². The van der Waals surface area contributed by atoms with Crippen molar-refractivity contribution < 1.29 is 13.6 Å². The number of amides is 1. The lowest BCUT2D eigenvalue weighted by atomic mass is 10.2. The molecule has 1 saturated carbocycles. The molecular weight excluding hydrogens is 384 g/mol. The molecule has 1 fully saturated rings. The van der Waals surface area contributed by atoms with Crippen LogP contribution in [0.1, 0.15) is 43.0 Å². The Morgan fingerprint density at radius 1 is 1.46 bits per heavy atom. The molecule has 0 spiro atoms. The molecule has 0 bridgehead atoms. The lowest BCUT2D eigenvalue weighted by Gasteiger charge is -2.08. The molecule has 0 aliphatic heterocycles. The molecule has 0 saturated heterocycles. The monoisotopic (exact) mass is 401 g/mol. The van der Waals surface area contributed by atoms with Gasteiger partial charge in [0.2, 0.25) is 5.91 Å². The summed E-state index contributed by atoms with van der Waals surface area (Å²) in [6.07, 6.45) is 3.62. The van der Waals surface area contributed by atoms with E-state index < -0.39 is 6.43 Å². The van der Waals surface area contributed by atoms with E-state index in [4.69, 9.17) is 0 Å². The first-order valence-electron chi connectivity index (χ1n) is 7.83.